The standard InChI is InChI=1S/C11H16BNO2/c1-3-10(13)11-8-6-7(2)4-5-9(8)12(14)15-11/h4-6,10-11,14H,3,13H2,1-2H3. The van der Waals surface area contributed by atoms with Crippen molar-refractivity contribution in [1.82, 2.24) is 0 Å². The molecule has 0 spiro atoms. The van der Waals surface area contributed by atoms with Gasteiger partial charge in [0, 0.05) is 6.04 Å². The molecule has 1 aromatic carbocycles. The van der Waals surface area contributed by atoms with Gasteiger partial charge in [-0.25, -0.2) is 0 Å². The van der Waals surface area contributed by atoms with Gasteiger partial charge in [-0.15, -0.1) is 0 Å². The highest BCUT2D eigenvalue weighted by atomic mass is 16.5. The van der Waals surface area contributed by atoms with E-state index < -0.39 is 7.12 Å². The minimum atomic E-state index is -0.816. The molecule has 1 heterocycles. The Morgan fingerprint density at radius 2 is 2.33 bits per heavy atom. The molecule has 0 radical (unpaired) electrons. The normalized spacial score (nSPS) is 21.6. The van der Waals surface area contributed by atoms with Gasteiger partial charge in [-0.05, 0) is 24.4 Å². The lowest BCUT2D eigenvalue weighted by Gasteiger charge is -2.19. The molecule has 4 heteroatoms. The van der Waals surface area contributed by atoms with E-state index in [4.69, 9.17) is 10.4 Å². The smallest absolute Gasteiger partial charge is 0.423 e. The van der Waals surface area contributed by atoms with E-state index in [1.165, 1.54) is 5.56 Å². The lowest BCUT2D eigenvalue weighted by atomic mass is 9.78. The summed E-state index contributed by atoms with van der Waals surface area (Å²) in [6.45, 7) is 4.05. The molecule has 1 aliphatic heterocycles. The minimum Gasteiger partial charge on any atom is -0.423 e. The van der Waals surface area contributed by atoms with E-state index in [9.17, 15) is 5.02 Å². The molecule has 1 aromatic rings. The molecule has 2 rings (SSSR count). The maximum Gasteiger partial charge on any atom is 0.492 e. The summed E-state index contributed by atoms with van der Waals surface area (Å²) in [4.78, 5) is 0. The summed E-state index contributed by atoms with van der Waals surface area (Å²) in [7, 11) is -0.816. The van der Waals surface area contributed by atoms with Crippen molar-refractivity contribution in [1.29, 1.82) is 0 Å². The second-order valence-corrected chi connectivity index (χ2v) is 4.11. The van der Waals surface area contributed by atoms with Gasteiger partial charge < -0.3 is 15.4 Å². The van der Waals surface area contributed by atoms with Gasteiger partial charge >= 0.3 is 7.12 Å². The topological polar surface area (TPSA) is 55.5 Å². The van der Waals surface area contributed by atoms with Crippen molar-refractivity contribution in [3.63, 3.8) is 0 Å². The van der Waals surface area contributed by atoms with E-state index in [0.29, 0.717) is 0 Å². The van der Waals surface area contributed by atoms with Crippen LogP contribution in [0.4, 0.5) is 0 Å². The van der Waals surface area contributed by atoms with Crippen LogP contribution in [-0.2, 0) is 4.65 Å². The molecule has 3 N–H and O–H groups in total. The summed E-state index contributed by atoms with van der Waals surface area (Å²) in [5.74, 6) is 0. The fourth-order valence-electron chi connectivity index (χ4n) is 2.00. The molecule has 0 saturated heterocycles. The SMILES string of the molecule is CCC(N)C1OB(O)c2ccc(C)cc21. The van der Waals surface area contributed by atoms with Gasteiger partial charge in [0.15, 0.2) is 0 Å². The van der Waals surface area contributed by atoms with Crippen LogP contribution in [0.25, 0.3) is 0 Å². The monoisotopic (exact) mass is 205 g/mol. The maximum atomic E-state index is 9.71. The van der Waals surface area contributed by atoms with Crippen molar-refractivity contribution in [2.75, 3.05) is 0 Å². The first kappa shape index (κ1) is 10.7. The summed E-state index contributed by atoms with van der Waals surface area (Å²) < 4.78 is 5.47. The predicted molar refractivity (Wildman–Crippen MR) is 60.9 cm³/mol. The largest absolute Gasteiger partial charge is 0.492 e. The lowest BCUT2D eigenvalue weighted by molar-refractivity contribution is 0.159. The lowest BCUT2D eigenvalue weighted by Crippen LogP contribution is -2.30. The molecule has 0 aliphatic carbocycles. The zero-order valence-electron chi connectivity index (χ0n) is 9.10. The Bertz CT molecular complexity index is 370. The van der Waals surface area contributed by atoms with E-state index in [-0.39, 0.29) is 12.1 Å². The summed E-state index contributed by atoms with van der Waals surface area (Å²) in [6.07, 6.45) is 0.671. The second-order valence-electron chi connectivity index (χ2n) is 4.11. The van der Waals surface area contributed by atoms with Crippen molar-refractivity contribution in [3.8, 4) is 0 Å². The van der Waals surface area contributed by atoms with Gasteiger partial charge in [-0.1, -0.05) is 30.7 Å². The number of hydrogen-bond donors (Lipinski definition) is 2. The highest BCUT2D eigenvalue weighted by Crippen LogP contribution is 2.27. The van der Waals surface area contributed by atoms with Crippen LogP contribution in [0, 0.1) is 6.92 Å². The van der Waals surface area contributed by atoms with Crippen LogP contribution in [0.2, 0.25) is 0 Å². The van der Waals surface area contributed by atoms with Gasteiger partial charge in [-0.2, -0.15) is 0 Å². The highest BCUT2D eigenvalue weighted by molar-refractivity contribution is 6.61. The Hall–Kier alpha value is -0.835. The van der Waals surface area contributed by atoms with Gasteiger partial charge in [0.1, 0.15) is 0 Å². The molecule has 15 heavy (non-hydrogen) atoms. The molecule has 2 atom stereocenters. The summed E-state index contributed by atoms with van der Waals surface area (Å²) in [5.41, 5.74) is 9.03. The van der Waals surface area contributed by atoms with E-state index >= 15 is 0 Å². The van der Waals surface area contributed by atoms with E-state index in [1.54, 1.807) is 0 Å². The van der Waals surface area contributed by atoms with Gasteiger partial charge in [0.2, 0.25) is 0 Å². The average molecular weight is 205 g/mol. The third kappa shape index (κ3) is 1.80. The third-order valence-corrected chi connectivity index (χ3v) is 2.95. The summed E-state index contributed by atoms with van der Waals surface area (Å²) in [5, 5.41) is 9.71. The Kier molecular flexibility index (Phi) is 2.82. The Morgan fingerprint density at radius 1 is 1.60 bits per heavy atom. The van der Waals surface area contributed by atoms with Crippen LogP contribution in [0.15, 0.2) is 18.2 Å². The van der Waals surface area contributed by atoms with E-state index in [1.807, 2.05) is 32.0 Å². The van der Waals surface area contributed by atoms with E-state index in [0.717, 1.165) is 17.4 Å². The van der Waals surface area contributed by atoms with Crippen LogP contribution in [-0.4, -0.2) is 18.2 Å². The molecular weight excluding hydrogens is 189 g/mol. The van der Waals surface area contributed by atoms with Crippen molar-refractivity contribution in [2.45, 2.75) is 32.4 Å². The Morgan fingerprint density at radius 3 is 3.00 bits per heavy atom. The third-order valence-electron chi connectivity index (χ3n) is 2.95. The molecule has 0 aromatic heterocycles. The second kappa shape index (κ2) is 3.97. The molecular formula is C11H16BNO2. The molecule has 0 saturated carbocycles. The molecule has 1 aliphatic rings. The van der Waals surface area contributed by atoms with Gasteiger partial charge in [0.05, 0.1) is 6.10 Å². The Labute approximate surface area is 90.4 Å². The van der Waals surface area contributed by atoms with Crippen molar-refractivity contribution >= 4 is 12.6 Å². The highest BCUT2D eigenvalue weighted by Gasteiger charge is 2.37. The fraction of sp³-hybridized carbons (Fsp3) is 0.455. The fourth-order valence-corrected chi connectivity index (χ4v) is 2.00. The van der Waals surface area contributed by atoms with Crippen molar-refractivity contribution in [2.24, 2.45) is 5.73 Å². The molecule has 2 unspecified atom stereocenters. The number of benzene rings is 1. The van der Waals surface area contributed by atoms with Crippen molar-refractivity contribution in [3.05, 3.63) is 29.3 Å². The zero-order valence-corrected chi connectivity index (χ0v) is 9.10. The van der Waals surface area contributed by atoms with E-state index in [2.05, 4.69) is 0 Å². The van der Waals surface area contributed by atoms with Crippen LogP contribution in [0.3, 0.4) is 0 Å². The number of hydrogen-bond acceptors (Lipinski definition) is 3. The first-order valence-corrected chi connectivity index (χ1v) is 5.33. The van der Waals surface area contributed by atoms with Crippen LogP contribution >= 0.6 is 0 Å². The molecule has 3 nitrogen and oxygen atoms in total. The zero-order chi connectivity index (χ0) is 11.0. The quantitative estimate of drug-likeness (QED) is 0.691. The van der Waals surface area contributed by atoms with Gasteiger partial charge in [-0.3, -0.25) is 0 Å². The molecule has 0 bridgehead atoms. The summed E-state index contributed by atoms with van der Waals surface area (Å²) in [6, 6.07) is 5.89. The predicted octanol–water partition coefficient (Wildman–Crippen LogP) is 0.491. The Balaban J connectivity index is 2.39. The number of nitrogens with two attached hydrogens (primary N) is 1. The van der Waals surface area contributed by atoms with Crippen LogP contribution < -0.4 is 11.2 Å². The first-order chi connectivity index (χ1) is 7.13. The molecule has 80 valence electrons. The average Bonchev–Trinajstić information content (AvgIpc) is 2.54. The van der Waals surface area contributed by atoms with Crippen LogP contribution in [0.1, 0.15) is 30.6 Å². The first-order valence-electron chi connectivity index (χ1n) is 5.33. The molecule has 0 fully saturated rings. The van der Waals surface area contributed by atoms with Crippen molar-refractivity contribution < 1.29 is 9.68 Å². The maximum absolute atomic E-state index is 9.71. The number of aryl methyl sites for hydroxylation is 1. The summed E-state index contributed by atoms with van der Waals surface area (Å²) >= 11 is 0. The molecule has 0 amide bonds. The minimum absolute atomic E-state index is 0.0531. The number of rotatable bonds is 2. The number of fused-ring (bicyclic) bond motifs is 1. The van der Waals surface area contributed by atoms with Crippen LogP contribution in [0.5, 0.6) is 0 Å². The van der Waals surface area contributed by atoms with Gasteiger partial charge in [0.25, 0.3) is 0 Å².